The molecule has 122 valence electrons. The SMILES string of the molecule is CCOC1CC(N)(C(=O)NCCCOCC2CC2)C1(C)C. The van der Waals surface area contributed by atoms with Crippen molar-refractivity contribution in [2.75, 3.05) is 26.4 Å². The van der Waals surface area contributed by atoms with E-state index < -0.39 is 5.54 Å². The molecule has 0 heterocycles. The van der Waals surface area contributed by atoms with E-state index in [2.05, 4.69) is 5.32 Å². The number of amides is 1. The molecule has 2 fully saturated rings. The van der Waals surface area contributed by atoms with Gasteiger partial charge in [-0.1, -0.05) is 13.8 Å². The van der Waals surface area contributed by atoms with E-state index in [9.17, 15) is 4.79 Å². The third-order valence-corrected chi connectivity index (χ3v) is 5.04. The molecule has 0 aromatic heterocycles. The van der Waals surface area contributed by atoms with Gasteiger partial charge in [0.15, 0.2) is 0 Å². The zero-order valence-corrected chi connectivity index (χ0v) is 13.6. The van der Waals surface area contributed by atoms with Crippen molar-refractivity contribution in [1.29, 1.82) is 0 Å². The molecule has 5 nitrogen and oxygen atoms in total. The van der Waals surface area contributed by atoms with E-state index >= 15 is 0 Å². The van der Waals surface area contributed by atoms with Crippen molar-refractivity contribution in [1.82, 2.24) is 5.32 Å². The number of carbonyl (C=O) groups is 1. The molecule has 21 heavy (non-hydrogen) atoms. The van der Waals surface area contributed by atoms with Crippen LogP contribution in [0.1, 0.15) is 46.5 Å². The van der Waals surface area contributed by atoms with Crippen LogP contribution in [0.3, 0.4) is 0 Å². The van der Waals surface area contributed by atoms with Crippen LogP contribution in [0.4, 0.5) is 0 Å². The fourth-order valence-corrected chi connectivity index (χ4v) is 2.89. The molecule has 3 N–H and O–H groups in total. The second kappa shape index (κ2) is 6.63. The van der Waals surface area contributed by atoms with Crippen LogP contribution in [0, 0.1) is 11.3 Å². The molecule has 2 aliphatic carbocycles. The molecular weight excluding hydrogens is 268 g/mol. The topological polar surface area (TPSA) is 73.6 Å². The molecule has 0 aromatic rings. The summed E-state index contributed by atoms with van der Waals surface area (Å²) in [6, 6.07) is 0. The molecule has 2 rings (SSSR count). The van der Waals surface area contributed by atoms with Crippen LogP contribution >= 0.6 is 0 Å². The summed E-state index contributed by atoms with van der Waals surface area (Å²) < 4.78 is 11.2. The second-order valence-corrected chi connectivity index (χ2v) is 6.97. The average Bonchev–Trinajstić information content (AvgIpc) is 3.26. The Kier molecular flexibility index (Phi) is 5.28. The lowest BCUT2D eigenvalue weighted by Gasteiger charge is -2.57. The maximum Gasteiger partial charge on any atom is 0.240 e. The van der Waals surface area contributed by atoms with E-state index in [1.54, 1.807) is 0 Å². The van der Waals surface area contributed by atoms with Gasteiger partial charge in [-0.15, -0.1) is 0 Å². The van der Waals surface area contributed by atoms with Crippen molar-refractivity contribution in [3.63, 3.8) is 0 Å². The number of nitrogens with one attached hydrogen (secondary N) is 1. The van der Waals surface area contributed by atoms with E-state index in [-0.39, 0.29) is 17.4 Å². The van der Waals surface area contributed by atoms with Crippen LogP contribution in [0.15, 0.2) is 0 Å². The molecule has 5 heteroatoms. The van der Waals surface area contributed by atoms with E-state index in [1.165, 1.54) is 12.8 Å². The molecule has 0 spiro atoms. The number of nitrogens with two attached hydrogens (primary N) is 1. The van der Waals surface area contributed by atoms with Gasteiger partial charge >= 0.3 is 0 Å². The first kappa shape index (κ1) is 16.7. The smallest absolute Gasteiger partial charge is 0.240 e. The van der Waals surface area contributed by atoms with Crippen molar-refractivity contribution in [3.8, 4) is 0 Å². The van der Waals surface area contributed by atoms with Gasteiger partial charge in [-0.2, -0.15) is 0 Å². The molecule has 2 saturated carbocycles. The van der Waals surface area contributed by atoms with Crippen LogP contribution in [-0.4, -0.2) is 43.9 Å². The molecule has 0 aromatic carbocycles. The predicted molar refractivity (Wildman–Crippen MR) is 81.9 cm³/mol. The Morgan fingerprint density at radius 2 is 2.10 bits per heavy atom. The molecular formula is C16H30N2O3. The average molecular weight is 298 g/mol. The quantitative estimate of drug-likeness (QED) is 0.632. The van der Waals surface area contributed by atoms with Crippen molar-refractivity contribution < 1.29 is 14.3 Å². The molecule has 0 bridgehead atoms. The molecule has 2 unspecified atom stereocenters. The van der Waals surface area contributed by atoms with Gasteiger partial charge in [0.1, 0.15) is 5.54 Å². The summed E-state index contributed by atoms with van der Waals surface area (Å²) in [5.74, 6) is 0.726. The van der Waals surface area contributed by atoms with Crippen LogP contribution in [0.5, 0.6) is 0 Å². The maximum atomic E-state index is 12.3. The predicted octanol–water partition coefficient (Wildman–Crippen LogP) is 1.45. The normalized spacial score (nSPS) is 30.8. The number of hydrogen-bond donors (Lipinski definition) is 2. The number of hydrogen-bond acceptors (Lipinski definition) is 4. The van der Waals surface area contributed by atoms with Gasteiger partial charge in [0, 0.05) is 38.2 Å². The first-order valence-corrected chi connectivity index (χ1v) is 8.18. The summed E-state index contributed by atoms with van der Waals surface area (Å²) in [5, 5.41) is 2.95. The highest BCUT2D eigenvalue weighted by atomic mass is 16.5. The Balaban J connectivity index is 1.65. The Bertz CT molecular complexity index is 369. The molecule has 0 radical (unpaired) electrons. The zero-order valence-electron chi connectivity index (χ0n) is 13.6. The lowest BCUT2D eigenvalue weighted by molar-refractivity contribution is -0.170. The summed E-state index contributed by atoms with van der Waals surface area (Å²) >= 11 is 0. The number of rotatable bonds is 9. The summed E-state index contributed by atoms with van der Waals surface area (Å²) in [6.45, 7) is 8.84. The van der Waals surface area contributed by atoms with Crippen LogP contribution in [0.2, 0.25) is 0 Å². The zero-order chi connectivity index (χ0) is 15.5. The minimum atomic E-state index is -0.818. The van der Waals surface area contributed by atoms with Crippen molar-refractivity contribution in [3.05, 3.63) is 0 Å². The Morgan fingerprint density at radius 1 is 1.38 bits per heavy atom. The van der Waals surface area contributed by atoms with Gasteiger partial charge in [0.05, 0.1) is 6.10 Å². The minimum Gasteiger partial charge on any atom is -0.381 e. The summed E-state index contributed by atoms with van der Waals surface area (Å²) in [4.78, 5) is 12.3. The van der Waals surface area contributed by atoms with Gasteiger partial charge < -0.3 is 20.5 Å². The van der Waals surface area contributed by atoms with Crippen LogP contribution < -0.4 is 11.1 Å². The molecule has 1 amide bonds. The van der Waals surface area contributed by atoms with Crippen LogP contribution in [-0.2, 0) is 14.3 Å². The highest BCUT2D eigenvalue weighted by Crippen LogP contribution is 2.49. The first-order valence-electron chi connectivity index (χ1n) is 8.18. The summed E-state index contributed by atoms with van der Waals surface area (Å²) in [7, 11) is 0. The largest absolute Gasteiger partial charge is 0.381 e. The first-order chi connectivity index (χ1) is 9.91. The lowest BCUT2D eigenvalue weighted by Crippen LogP contribution is -2.75. The minimum absolute atomic E-state index is 0.0642. The Labute approximate surface area is 127 Å². The number of ether oxygens (including phenoxy) is 2. The van der Waals surface area contributed by atoms with Gasteiger partial charge in [-0.05, 0) is 32.1 Å². The van der Waals surface area contributed by atoms with Gasteiger partial charge in [0.25, 0.3) is 0 Å². The fraction of sp³-hybridized carbons (Fsp3) is 0.938. The Morgan fingerprint density at radius 3 is 2.67 bits per heavy atom. The second-order valence-electron chi connectivity index (χ2n) is 6.97. The molecule has 2 atom stereocenters. The van der Waals surface area contributed by atoms with E-state index in [1.807, 2.05) is 20.8 Å². The monoisotopic (exact) mass is 298 g/mol. The van der Waals surface area contributed by atoms with E-state index in [0.717, 1.165) is 18.9 Å². The van der Waals surface area contributed by atoms with Gasteiger partial charge in [-0.25, -0.2) is 0 Å². The van der Waals surface area contributed by atoms with E-state index in [0.29, 0.717) is 26.2 Å². The van der Waals surface area contributed by atoms with E-state index in [4.69, 9.17) is 15.2 Å². The molecule has 2 aliphatic rings. The fourth-order valence-electron chi connectivity index (χ4n) is 2.89. The molecule has 0 aliphatic heterocycles. The van der Waals surface area contributed by atoms with Crippen molar-refractivity contribution >= 4 is 5.91 Å². The molecule has 0 saturated heterocycles. The summed E-state index contributed by atoms with van der Waals surface area (Å²) in [6.07, 6.45) is 4.12. The standard InChI is InChI=1S/C16H30N2O3/c1-4-21-13-10-16(17,15(13,2)3)14(19)18-8-5-9-20-11-12-6-7-12/h12-13H,4-11,17H2,1-3H3,(H,18,19). The van der Waals surface area contributed by atoms with Crippen molar-refractivity contribution in [2.24, 2.45) is 17.1 Å². The third-order valence-electron chi connectivity index (χ3n) is 5.04. The van der Waals surface area contributed by atoms with Gasteiger partial charge in [0.2, 0.25) is 5.91 Å². The highest BCUT2D eigenvalue weighted by molar-refractivity contribution is 5.88. The number of carbonyl (C=O) groups excluding carboxylic acids is 1. The Hall–Kier alpha value is -0.650. The third kappa shape index (κ3) is 3.58. The van der Waals surface area contributed by atoms with Crippen molar-refractivity contribution in [2.45, 2.75) is 58.1 Å². The van der Waals surface area contributed by atoms with Gasteiger partial charge in [-0.3, -0.25) is 4.79 Å². The maximum absolute atomic E-state index is 12.3. The summed E-state index contributed by atoms with van der Waals surface area (Å²) in [5.41, 5.74) is 5.17. The lowest BCUT2D eigenvalue weighted by atomic mass is 9.54. The highest BCUT2D eigenvalue weighted by Gasteiger charge is 2.62. The van der Waals surface area contributed by atoms with Crippen LogP contribution in [0.25, 0.3) is 0 Å².